The molecule has 4 aromatic heterocycles. The second-order valence-corrected chi connectivity index (χ2v) is 13.3. The first kappa shape index (κ1) is 35.8. The number of nitrogen functional groups attached to an aromatic ring is 1. The lowest BCUT2D eigenvalue weighted by Gasteiger charge is -2.12. The summed E-state index contributed by atoms with van der Waals surface area (Å²) in [4.78, 5) is 30.9. The van der Waals surface area contributed by atoms with E-state index in [4.69, 9.17) is 15.7 Å². The van der Waals surface area contributed by atoms with Crippen molar-refractivity contribution in [2.45, 2.75) is 38.7 Å². The molecular weight excluding hydrogens is 667 g/mol. The molecule has 4 aromatic carbocycles. The number of carbonyl (C=O) groups is 1. The number of aliphatic hydroxyl groups is 1. The maximum absolute atomic E-state index is 12.3. The van der Waals surface area contributed by atoms with Gasteiger partial charge in [-0.05, 0) is 53.8 Å². The maximum atomic E-state index is 12.3. The second-order valence-electron chi connectivity index (χ2n) is 13.3. The number of hydrogen-bond acceptors (Lipinski definition) is 7. The van der Waals surface area contributed by atoms with E-state index in [2.05, 4.69) is 70.6 Å². The number of hydrogen-bond donors (Lipinski definition) is 2. The Balaban J connectivity index is 0.000000174. The van der Waals surface area contributed by atoms with E-state index >= 15 is 0 Å². The summed E-state index contributed by atoms with van der Waals surface area (Å²) in [5.74, 6) is 0.116. The van der Waals surface area contributed by atoms with Gasteiger partial charge in [-0.25, -0.2) is 19.9 Å². The predicted octanol–water partition coefficient (Wildman–Crippen LogP) is 10.2. The van der Waals surface area contributed by atoms with Crippen LogP contribution in [0.4, 0.5) is 5.69 Å². The number of rotatable bonds is 10. The summed E-state index contributed by atoms with van der Waals surface area (Å²) < 4.78 is 0. The summed E-state index contributed by atoms with van der Waals surface area (Å²) in [5.41, 5.74) is 17.0. The van der Waals surface area contributed by atoms with E-state index in [1.807, 2.05) is 91.9 Å². The number of aliphatic hydroxyl groups excluding tert-OH is 1. The van der Waals surface area contributed by atoms with E-state index in [1.165, 1.54) is 0 Å². The summed E-state index contributed by atoms with van der Waals surface area (Å²) in [5, 5.41) is 11.6. The van der Waals surface area contributed by atoms with Gasteiger partial charge in [-0.1, -0.05) is 128 Å². The summed E-state index contributed by atoms with van der Waals surface area (Å²) in [6.45, 7) is 1.92. The molecule has 0 saturated heterocycles. The van der Waals surface area contributed by atoms with Crippen LogP contribution >= 0.6 is 0 Å². The molecular formula is C47H41N5O2. The van der Waals surface area contributed by atoms with Crippen LogP contribution in [0.3, 0.4) is 0 Å². The Labute approximate surface area is 315 Å². The normalized spacial score (nSPS) is 11.5. The number of nitrogens with zero attached hydrogens (tertiary/aromatic N) is 4. The van der Waals surface area contributed by atoms with Crippen molar-refractivity contribution in [3.63, 3.8) is 0 Å². The monoisotopic (exact) mass is 707 g/mol. The molecule has 0 bridgehead atoms. The lowest BCUT2D eigenvalue weighted by molar-refractivity contribution is -0.119. The molecule has 4 heterocycles. The second kappa shape index (κ2) is 16.8. The van der Waals surface area contributed by atoms with Crippen LogP contribution in [0.5, 0.6) is 0 Å². The fourth-order valence-corrected chi connectivity index (χ4v) is 6.44. The van der Waals surface area contributed by atoms with E-state index in [-0.39, 0.29) is 5.78 Å². The lowest BCUT2D eigenvalue weighted by Crippen LogP contribution is -2.10. The predicted molar refractivity (Wildman–Crippen MR) is 219 cm³/mol. The SMILES string of the molecule is CCC(O)CCC(=O)Cc1cnc2nc(-c3ccccc3)c(-c3ccccc3)cc2c1.Nc1cnc2nc(-c3ccccc3)c(-c3ccccc3)cc2c1. The zero-order valence-electron chi connectivity index (χ0n) is 30.1. The van der Waals surface area contributed by atoms with Crippen molar-refractivity contribution in [2.24, 2.45) is 0 Å². The van der Waals surface area contributed by atoms with Crippen LogP contribution in [0.25, 0.3) is 66.8 Å². The van der Waals surface area contributed by atoms with Gasteiger partial charge in [0.2, 0.25) is 0 Å². The Morgan fingerprint density at radius 2 is 1.06 bits per heavy atom. The molecule has 0 aliphatic heterocycles. The van der Waals surface area contributed by atoms with E-state index in [0.29, 0.717) is 42.7 Å². The van der Waals surface area contributed by atoms with E-state index in [9.17, 15) is 9.90 Å². The Morgan fingerprint density at radius 3 is 1.54 bits per heavy atom. The molecule has 0 spiro atoms. The molecule has 7 nitrogen and oxygen atoms in total. The number of anilines is 1. The van der Waals surface area contributed by atoms with Crippen LogP contribution in [-0.4, -0.2) is 36.9 Å². The first-order valence-electron chi connectivity index (χ1n) is 18.2. The summed E-state index contributed by atoms with van der Waals surface area (Å²) in [6, 6.07) is 48.9. The zero-order chi connectivity index (χ0) is 37.3. The first-order chi connectivity index (χ1) is 26.4. The third-order valence-electron chi connectivity index (χ3n) is 9.31. The van der Waals surface area contributed by atoms with E-state index in [1.54, 1.807) is 12.4 Å². The van der Waals surface area contributed by atoms with Gasteiger partial charge in [0.1, 0.15) is 5.78 Å². The highest BCUT2D eigenvalue weighted by Gasteiger charge is 2.15. The number of benzene rings is 4. The third-order valence-corrected chi connectivity index (χ3v) is 9.31. The van der Waals surface area contributed by atoms with Crippen molar-refractivity contribution >= 4 is 33.5 Å². The molecule has 7 heteroatoms. The first-order valence-corrected chi connectivity index (χ1v) is 18.2. The minimum atomic E-state index is -0.410. The van der Waals surface area contributed by atoms with E-state index < -0.39 is 6.10 Å². The van der Waals surface area contributed by atoms with Gasteiger partial charge in [-0.15, -0.1) is 0 Å². The quantitative estimate of drug-likeness (QED) is 0.145. The van der Waals surface area contributed by atoms with Crippen LogP contribution < -0.4 is 5.73 Å². The van der Waals surface area contributed by atoms with Crippen LogP contribution in [-0.2, 0) is 11.2 Å². The maximum Gasteiger partial charge on any atom is 0.159 e. The highest BCUT2D eigenvalue weighted by atomic mass is 16.3. The average Bonchev–Trinajstić information content (AvgIpc) is 3.23. The van der Waals surface area contributed by atoms with Gasteiger partial charge in [-0.2, -0.15) is 0 Å². The molecule has 0 aliphatic carbocycles. The van der Waals surface area contributed by atoms with Crippen LogP contribution in [0.15, 0.2) is 158 Å². The Kier molecular flexibility index (Phi) is 11.2. The lowest BCUT2D eigenvalue weighted by atomic mass is 9.97. The molecule has 0 fully saturated rings. The number of pyridine rings is 4. The van der Waals surface area contributed by atoms with Gasteiger partial charge in [0, 0.05) is 52.1 Å². The topological polar surface area (TPSA) is 115 Å². The van der Waals surface area contributed by atoms with Crippen LogP contribution in [0.2, 0.25) is 0 Å². The van der Waals surface area contributed by atoms with Crippen LogP contribution in [0.1, 0.15) is 31.7 Å². The van der Waals surface area contributed by atoms with Crippen molar-refractivity contribution in [3.05, 3.63) is 164 Å². The Bertz CT molecular complexity index is 2490. The molecule has 1 unspecified atom stereocenters. The van der Waals surface area contributed by atoms with Gasteiger partial charge < -0.3 is 10.8 Å². The molecule has 0 aliphatic rings. The van der Waals surface area contributed by atoms with E-state index in [0.717, 1.165) is 61.1 Å². The molecule has 3 N–H and O–H groups in total. The van der Waals surface area contributed by atoms with Crippen molar-refractivity contribution in [3.8, 4) is 44.8 Å². The smallest absolute Gasteiger partial charge is 0.159 e. The van der Waals surface area contributed by atoms with Crippen molar-refractivity contribution in [1.82, 2.24) is 19.9 Å². The molecule has 0 saturated carbocycles. The van der Waals surface area contributed by atoms with Gasteiger partial charge in [0.05, 0.1) is 29.4 Å². The fourth-order valence-electron chi connectivity index (χ4n) is 6.44. The number of aromatic nitrogens is 4. The van der Waals surface area contributed by atoms with Gasteiger partial charge in [0.15, 0.2) is 11.3 Å². The molecule has 8 aromatic rings. The largest absolute Gasteiger partial charge is 0.397 e. The number of ketones is 1. The third kappa shape index (κ3) is 8.55. The molecule has 0 amide bonds. The minimum absolute atomic E-state index is 0.116. The Morgan fingerprint density at radius 1 is 0.611 bits per heavy atom. The molecule has 1 atom stereocenters. The van der Waals surface area contributed by atoms with Crippen molar-refractivity contribution < 1.29 is 9.90 Å². The molecule has 266 valence electrons. The highest BCUT2D eigenvalue weighted by molar-refractivity contribution is 5.92. The number of nitrogens with two attached hydrogens (primary N) is 1. The summed E-state index contributed by atoms with van der Waals surface area (Å²) in [6.07, 6.45) is 4.85. The molecule has 54 heavy (non-hydrogen) atoms. The van der Waals surface area contributed by atoms with Crippen molar-refractivity contribution in [2.75, 3.05) is 5.73 Å². The number of fused-ring (bicyclic) bond motifs is 2. The summed E-state index contributed by atoms with van der Waals surface area (Å²) in [7, 11) is 0. The van der Waals surface area contributed by atoms with Gasteiger partial charge >= 0.3 is 0 Å². The van der Waals surface area contributed by atoms with Crippen molar-refractivity contribution in [1.29, 1.82) is 0 Å². The molecule has 8 rings (SSSR count). The zero-order valence-corrected chi connectivity index (χ0v) is 30.1. The fraction of sp³-hybridized carbons (Fsp3) is 0.128. The van der Waals surface area contributed by atoms with Crippen LogP contribution in [0, 0.1) is 0 Å². The van der Waals surface area contributed by atoms with Gasteiger partial charge in [0.25, 0.3) is 0 Å². The number of Topliss-reactive ketones (excluding diaryl/α,β-unsaturated/α-hetero) is 1. The highest BCUT2D eigenvalue weighted by Crippen LogP contribution is 2.34. The minimum Gasteiger partial charge on any atom is -0.397 e. The number of carbonyl (C=O) groups excluding carboxylic acids is 1. The molecule has 0 radical (unpaired) electrons. The summed E-state index contributed by atoms with van der Waals surface area (Å²) >= 11 is 0. The average molecular weight is 708 g/mol. The van der Waals surface area contributed by atoms with Gasteiger partial charge in [-0.3, -0.25) is 4.79 Å². The Hall–Kier alpha value is -6.57. The standard InChI is InChI=1S/C27H26N2O2.C20H15N3/c1-2-23(30)13-14-24(31)16-19-15-22-17-25(20-9-5-3-6-10-20)26(29-27(22)28-18-19)21-11-7-4-8-12-21;21-17-11-16-12-18(14-7-3-1-4-8-14)19(23-20(16)22-13-17)15-9-5-2-6-10-15/h3-12,15,17-18,23,30H,2,13-14,16H2,1H3;1-13H,21H2.